The van der Waals surface area contributed by atoms with Crippen molar-refractivity contribution >= 4 is 18.1 Å². The van der Waals surface area contributed by atoms with E-state index < -0.39 is 0 Å². The van der Waals surface area contributed by atoms with E-state index >= 15 is 0 Å². The molecule has 0 fully saturated rings. The van der Waals surface area contributed by atoms with Gasteiger partial charge in [0.2, 0.25) is 5.95 Å². The highest BCUT2D eigenvalue weighted by Crippen LogP contribution is 2.21. The summed E-state index contributed by atoms with van der Waals surface area (Å²) < 4.78 is 0. The Labute approximate surface area is 116 Å². The Bertz CT molecular complexity index is 731. The van der Waals surface area contributed by atoms with Crippen LogP contribution in [0.4, 0.5) is 5.95 Å². The van der Waals surface area contributed by atoms with Gasteiger partial charge >= 0.3 is 0 Å². The lowest BCUT2D eigenvalue weighted by atomic mass is 10.1. The minimum Gasteiger partial charge on any atom is -0.368 e. The van der Waals surface area contributed by atoms with Gasteiger partial charge in [0, 0.05) is 11.8 Å². The number of hydrogen-bond donors (Lipinski definition) is 2. The molecule has 2 heterocycles. The second-order valence-corrected chi connectivity index (χ2v) is 4.20. The number of H-pyrrole nitrogens is 1. The van der Waals surface area contributed by atoms with Gasteiger partial charge in [-0.05, 0) is 18.2 Å². The number of benzene rings is 1. The first-order chi connectivity index (χ1) is 9.83. The maximum absolute atomic E-state index is 5.55. The Hall–Kier alpha value is -2.95. The first kappa shape index (κ1) is 12.1. The topological polar surface area (TPSA) is 80.5 Å². The number of hydrogen-bond acceptors (Lipinski definition) is 4. The molecule has 0 unspecified atom stereocenters. The zero-order valence-corrected chi connectivity index (χ0v) is 10.7. The van der Waals surface area contributed by atoms with Crippen molar-refractivity contribution in [3.8, 4) is 11.3 Å². The number of aromatic amines is 1. The number of nitrogens with zero attached hydrogens (tertiary/aromatic N) is 3. The number of imidazole rings is 1. The van der Waals surface area contributed by atoms with Crippen molar-refractivity contribution in [3.63, 3.8) is 0 Å². The zero-order chi connectivity index (χ0) is 13.8. The quantitative estimate of drug-likeness (QED) is 0.761. The van der Waals surface area contributed by atoms with Crippen molar-refractivity contribution in [2.75, 3.05) is 5.73 Å². The highest BCUT2D eigenvalue weighted by atomic mass is 15.0. The molecule has 20 heavy (non-hydrogen) atoms. The second-order valence-electron chi connectivity index (χ2n) is 4.20. The van der Waals surface area contributed by atoms with Crippen LogP contribution in [0.3, 0.4) is 0 Å². The Morgan fingerprint density at radius 1 is 1.00 bits per heavy atom. The average Bonchev–Trinajstić information content (AvgIpc) is 2.95. The van der Waals surface area contributed by atoms with Gasteiger partial charge in [-0.25, -0.2) is 15.0 Å². The summed E-state index contributed by atoms with van der Waals surface area (Å²) in [6.45, 7) is 0. The number of aromatic nitrogens is 4. The second kappa shape index (κ2) is 5.36. The third-order valence-electron chi connectivity index (χ3n) is 2.83. The molecule has 1 aromatic carbocycles. The largest absolute Gasteiger partial charge is 0.368 e. The van der Waals surface area contributed by atoms with E-state index in [1.165, 1.54) is 0 Å². The maximum atomic E-state index is 5.55. The van der Waals surface area contributed by atoms with Gasteiger partial charge in [-0.2, -0.15) is 0 Å². The summed E-state index contributed by atoms with van der Waals surface area (Å²) in [6.07, 6.45) is 7.11. The molecule has 0 spiro atoms. The monoisotopic (exact) mass is 263 g/mol. The fourth-order valence-electron chi connectivity index (χ4n) is 1.91. The van der Waals surface area contributed by atoms with Crippen molar-refractivity contribution < 1.29 is 0 Å². The first-order valence-electron chi connectivity index (χ1n) is 6.18. The van der Waals surface area contributed by atoms with Crippen LogP contribution in [0.15, 0.2) is 48.9 Å². The van der Waals surface area contributed by atoms with E-state index in [0.717, 1.165) is 22.6 Å². The molecule has 0 aliphatic carbocycles. The predicted molar refractivity (Wildman–Crippen MR) is 79.4 cm³/mol. The third kappa shape index (κ3) is 2.56. The lowest BCUT2D eigenvalue weighted by Crippen LogP contribution is -1.94. The van der Waals surface area contributed by atoms with Crippen LogP contribution >= 0.6 is 0 Å². The molecule has 98 valence electrons. The van der Waals surface area contributed by atoms with Gasteiger partial charge in [-0.1, -0.05) is 30.3 Å². The number of nitrogen functional groups attached to an aromatic ring is 1. The summed E-state index contributed by atoms with van der Waals surface area (Å²) in [5.41, 5.74) is 9.20. The Kier molecular flexibility index (Phi) is 3.24. The van der Waals surface area contributed by atoms with Crippen molar-refractivity contribution in [1.29, 1.82) is 0 Å². The van der Waals surface area contributed by atoms with Gasteiger partial charge in [0.25, 0.3) is 0 Å². The van der Waals surface area contributed by atoms with Crippen LogP contribution < -0.4 is 5.73 Å². The summed E-state index contributed by atoms with van der Waals surface area (Å²) >= 11 is 0. The molecule has 0 aliphatic heterocycles. The van der Waals surface area contributed by atoms with Crippen molar-refractivity contribution in [3.05, 3.63) is 60.3 Å². The summed E-state index contributed by atoms with van der Waals surface area (Å²) in [6, 6.07) is 11.8. The van der Waals surface area contributed by atoms with Gasteiger partial charge in [0.1, 0.15) is 0 Å². The van der Waals surface area contributed by atoms with Crippen molar-refractivity contribution in [2.45, 2.75) is 0 Å². The number of nitrogens with two attached hydrogens (primary N) is 1. The van der Waals surface area contributed by atoms with E-state index in [4.69, 9.17) is 5.73 Å². The van der Waals surface area contributed by atoms with Crippen molar-refractivity contribution in [2.24, 2.45) is 0 Å². The minimum atomic E-state index is 0.264. The van der Waals surface area contributed by atoms with Crippen LogP contribution in [0.1, 0.15) is 11.4 Å². The number of rotatable bonds is 3. The van der Waals surface area contributed by atoms with E-state index in [0.29, 0.717) is 0 Å². The highest BCUT2D eigenvalue weighted by Gasteiger charge is 2.04. The molecule has 0 saturated carbocycles. The predicted octanol–water partition coefficient (Wildman–Crippen LogP) is 2.62. The molecule has 0 amide bonds. The third-order valence-corrected chi connectivity index (χ3v) is 2.83. The molecule has 3 N–H and O–H groups in total. The van der Waals surface area contributed by atoms with Crippen LogP contribution in [0.5, 0.6) is 0 Å². The van der Waals surface area contributed by atoms with Crippen LogP contribution in [0, 0.1) is 0 Å². The van der Waals surface area contributed by atoms with Crippen molar-refractivity contribution in [1.82, 2.24) is 19.9 Å². The normalized spacial score (nSPS) is 11.0. The lowest BCUT2D eigenvalue weighted by molar-refractivity contribution is 1.17. The molecular formula is C15H13N5. The standard InChI is InChI=1S/C15H13N5/c16-15-17-9-8-12(20-15)6-7-13-14(19-10-18-13)11-4-2-1-3-5-11/h1-10H,(H,18,19)(H2,16,17,20)/b7-6+. The van der Waals surface area contributed by atoms with Gasteiger partial charge in [0.15, 0.2) is 0 Å². The molecule has 3 aromatic rings. The smallest absolute Gasteiger partial charge is 0.220 e. The minimum absolute atomic E-state index is 0.264. The summed E-state index contributed by atoms with van der Waals surface area (Å²) in [5, 5.41) is 0. The Balaban J connectivity index is 1.91. The Morgan fingerprint density at radius 2 is 1.85 bits per heavy atom. The van der Waals surface area contributed by atoms with Crippen LogP contribution in [0.25, 0.3) is 23.4 Å². The van der Waals surface area contributed by atoms with E-state index in [1.807, 2.05) is 42.5 Å². The zero-order valence-electron chi connectivity index (χ0n) is 10.7. The highest BCUT2D eigenvalue weighted by molar-refractivity contribution is 5.76. The summed E-state index contributed by atoms with van der Waals surface area (Å²) in [7, 11) is 0. The maximum Gasteiger partial charge on any atom is 0.220 e. The molecule has 0 aliphatic rings. The summed E-state index contributed by atoms with van der Waals surface area (Å²) in [5.74, 6) is 0.264. The lowest BCUT2D eigenvalue weighted by Gasteiger charge is -1.98. The van der Waals surface area contributed by atoms with Gasteiger partial charge < -0.3 is 10.7 Å². The van der Waals surface area contributed by atoms with Crippen LogP contribution in [0.2, 0.25) is 0 Å². The number of nitrogens with one attached hydrogen (secondary N) is 1. The molecule has 0 bridgehead atoms. The molecule has 0 saturated heterocycles. The number of anilines is 1. The SMILES string of the molecule is Nc1nccc(/C=C/c2[nH]cnc2-c2ccccc2)n1. The van der Waals surface area contributed by atoms with Crippen LogP contribution in [-0.4, -0.2) is 19.9 Å². The van der Waals surface area contributed by atoms with Gasteiger partial charge in [-0.15, -0.1) is 0 Å². The van der Waals surface area contributed by atoms with Gasteiger partial charge in [0.05, 0.1) is 23.4 Å². The summed E-state index contributed by atoms with van der Waals surface area (Å²) in [4.78, 5) is 15.5. The molecule has 2 aromatic heterocycles. The Morgan fingerprint density at radius 3 is 2.65 bits per heavy atom. The van der Waals surface area contributed by atoms with E-state index in [2.05, 4.69) is 19.9 Å². The molecular weight excluding hydrogens is 250 g/mol. The van der Waals surface area contributed by atoms with E-state index in [-0.39, 0.29) is 5.95 Å². The average molecular weight is 263 g/mol. The molecule has 5 nitrogen and oxygen atoms in total. The van der Waals surface area contributed by atoms with Crippen LogP contribution in [-0.2, 0) is 0 Å². The van der Waals surface area contributed by atoms with E-state index in [9.17, 15) is 0 Å². The molecule has 0 atom stereocenters. The fraction of sp³-hybridized carbons (Fsp3) is 0. The molecule has 0 radical (unpaired) electrons. The fourth-order valence-corrected chi connectivity index (χ4v) is 1.91. The van der Waals surface area contributed by atoms with Gasteiger partial charge in [-0.3, -0.25) is 0 Å². The molecule has 3 rings (SSSR count). The molecule has 5 heteroatoms. The van der Waals surface area contributed by atoms with E-state index in [1.54, 1.807) is 18.6 Å². The first-order valence-corrected chi connectivity index (χ1v) is 6.18.